The van der Waals surface area contributed by atoms with Crippen LogP contribution in [0.15, 0.2) is 35.7 Å². The molecule has 0 spiro atoms. The van der Waals surface area contributed by atoms with Gasteiger partial charge < -0.3 is 11.1 Å². The summed E-state index contributed by atoms with van der Waals surface area (Å²) < 4.78 is 0. The van der Waals surface area contributed by atoms with E-state index in [2.05, 4.69) is 34.7 Å². The van der Waals surface area contributed by atoms with E-state index in [9.17, 15) is 0 Å². The van der Waals surface area contributed by atoms with Gasteiger partial charge in [-0.2, -0.15) is 0 Å². The van der Waals surface area contributed by atoms with E-state index in [1.54, 1.807) is 11.3 Å². The van der Waals surface area contributed by atoms with E-state index in [-0.39, 0.29) is 0 Å². The number of rotatable bonds is 5. The number of hydrogen-bond acceptors (Lipinski definition) is 4. The van der Waals surface area contributed by atoms with Crippen LogP contribution in [0.4, 0.5) is 5.82 Å². The maximum absolute atomic E-state index is 5.57. The van der Waals surface area contributed by atoms with Crippen molar-refractivity contribution in [3.63, 3.8) is 0 Å². The number of pyridine rings is 1. The van der Waals surface area contributed by atoms with Crippen LogP contribution in [0.3, 0.4) is 0 Å². The zero-order valence-electron chi connectivity index (χ0n) is 10.1. The Morgan fingerprint density at radius 3 is 2.94 bits per heavy atom. The van der Waals surface area contributed by atoms with E-state index in [1.165, 1.54) is 4.88 Å². The molecule has 0 aliphatic heterocycles. The first-order chi connectivity index (χ1) is 8.65. The minimum absolute atomic E-state index is 0.317. The van der Waals surface area contributed by atoms with Gasteiger partial charge in [-0.1, -0.05) is 24.4 Å². The molecule has 0 aliphatic carbocycles. The Morgan fingerprint density at radius 1 is 1.44 bits per heavy atom. The average Bonchev–Trinajstić information content (AvgIpc) is 2.82. The van der Waals surface area contributed by atoms with Crippen LogP contribution in [0.5, 0.6) is 0 Å². The lowest BCUT2D eigenvalue weighted by Gasteiger charge is -2.14. The first-order valence-corrected chi connectivity index (χ1v) is 6.99. The molecule has 0 saturated carbocycles. The van der Waals surface area contributed by atoms with Crippen LogP contribution >= 0.6 is 23.6 Å². The number of nitrogens with two attached hydrogens (primary N) is 1. The number of thiophene rings is 1. The van der Waals surface area contributed by atoms with Gasteiger partial charge in [-0.15, -0.1) is 11.3 Å². The maximum Gasteiger partial charge on any atom is 0.126 e. The van der Waals surface area contributed by atoms with Crippen LogP contribution < -0.4 is 11.1 Å². The van der Waals surface area contributed by atoms with E-state index in [4.69, 9.17) is 18.0 Å². The Bertz CT molecular complexity index is 523. The molecule has 0 aliphatic rings. The molecule has 0 fully saturated rings. The van der Waals surface area contributed by atoms with Crippen molar-refractivity contribution >= 4 is 34.4 Å². The van der Waals surface area contributed by atoms with Crippen molar-refractivity contribution in [3.8, 4) is 0 Å². The van der Waals surface area contributed by atoms with E-state index in [1.807, 2.05) is 18.2 Å². The molecule has 0 bridgehead atoms. The number of nitrogens with zero attached hydrogens (tertiary/aromatic N) is 1. The van der Waals surface area contributed by atoms with Gasteiger partial charge in [-0.3, -0.25) is 0 Å². The van der Waals surface area contributed by atoms with Gasteiger partial charge >= 0.3 is 0 Å². The van der Waals surface area contributed by atoms with Crippen LogP contribution in [-0.2, 0) is 6.42 Å². The Kier molecular flexibility index (Phi) is 4.28. The van der Waals surface area contributed by atoms with Crippen molar-refractivity contribution in [2.45, 2.75) is 19.4 Å². The molecule has 2 heterocycles. The molecule has 0 radical (unpaired) electrons. The van der Waals surface area contributed by atoms with Gasteiger partial charge in [-0.05, 0) is 30.5 Å². The number of hydrogen-bond donors (Lipinski definition) is 2. The first-order valence-electron chi connectivity index (χ1n) is 5.71. The van der Waals surface area contributed by atoms with Crippen LogP contribution in [0, 0.1) is 0 Å². The molecule has 18 heavy (non-hydrogen) atoms. The van der Waals surface area contributed by atoms with E-state index >= 15 is 0 Å². The summed E-state index contributed by atoms with van der Waals surface area (Å²) in [6.07, 6.45) is 0.983. The first kappa shape index (κ1) is 13.0. The molecule has 2 rings (SSSR count). The summed E-state index contributed by atoms with van der Waals surface area (Å²) in [5.41, 5.74) is 6.22. The van der Waals surface area contributed by atoms with E-state index in [0.717, 1.165) is 12.2 Å². The van der Waals surface area contributed by atoms with Gasteiger partial charge in [0.1, 0.15) is 10.8 Å². The Morgan fingerprint density at radius 2 is 2.28 bits per heavy atom. The molecule has 0 saturated heterocycles. The van der Waals surface area contributed by atoms with Crippen molar-refractivity contribution in [1.82, 2.24) is 4.98 Å². The summed E-state index contributed by atoms with van der Waals surface area (Å²) in [5, 5.41) is 5.45. The second-order valence-corrected chi connectivity index (χ2v) is 5.57. The lowest BCUT2D eigenvalue weighted by molar-refractivity contribution is 0.794. The monoisotopic (exact) mass is 277 g/mol. The van der Waals surface area contributed by atoms with Crippen molar-refractivity contribution in [3.05, 3.63) is 46.3 Å². The SMILES string of the molecule is CC(Cc1cccs1)Nc1cccc(C(N)=S)n1. The molecule has 2 aromatic heterocycles. The highest BCUT2D eigenvalue weighted by atomic mass is 32.1. The van der Waals surface area contributed by atoms with Gasteiger partial charge in [-0.25, -0.2) is 4.98 Å². The van der Waals surface area contributed by atoms with Crippen molar-refractivity contribution in [1.29, 1.82) is 0 Å². The third kappa shape index (κ3) is 3.51. The van der Waals surface area contributed by atoms with Gasteiger partial charge in [0.25, 0.3) is 0 Å². The van der Waals surface area contributed by atoms with E-state index < -0.39 is 0 Å². The van der Waals surface area contributed by atoms with Gasteiger partial charge in [0.2, 0.25) is 0 Å². The minimum Gasteiger partial charge on any atom is -0.388 e. The number of anilines is 1. The second-order valence-electron chi connectivity index (χ2n) is 4.10. The predicted octanol–water partition coefficient (Wildman–Crippen LogP) is 2.82. The Hall–Kier alpha value is -1.46. The minimum atomic E-state index is 0.317. The number of nitrogens with one attached hydrogen (secondary N) is 1. The lowest BCUT2D eigenvalue weighted by Crippen LogP contribution is -2.19. The number of thiocarbonyl (C=S) groups is 1. The number of aromatic nitrogens is 1. The highest BCUT2D eigenvalue weighted by molar-refractivity contribution is 7.80. The topological polar surface area (TPSA) is 50.9 Å². The summed E-state index contributed by atoms with van der Waals surface area (Å²) in [6, 6.07) is 10.2. The molecule has 0 aromatic carbocycles. The average molecular weight is 277 g/mol. The normalized spacial score (nSPS) is 12.1. The van der Waals surface area contributed by atoms with Crippen LogP contribution in [0.2, 0.25) is 0 Å². The fraction of sp³-hybridized carbons (Fsp3) is 0.231. The van der Waals surface area contributed by atoms with Crippen molar-refractivity contribution < 1.29 is 0 Å². The third-order valence-electron chi connectivity index (χ3n) is 2.48. The molecule has 5 heteroatoms. The molecule has 94 valence electrons. The molecular weight excluding hydrogens is 262 g/mol. The van der Waals surface area contributed by atoms with Gasteiger partial charge in [0.05, 0.1) is 5.69 Å². The molecular formula is C13H15N3S2. The molecule has 1 unspecified atom stereocenters. The fourth-order valence-electron chi connectivity index (χ4n) is 1.69. The molecule has 3 N–H and O–H groups in total. The van der Waals surface area contributed by atoms with Gasteiger partial charge in [0, 0.05) is 17.3 Å². The second kappa shape index (κ2) is 5.93. The highest BCUT2D eigenvalue weighted by Crippen LogP contribution is 2.14. The lowest BCUT2D eigenvalue weighted by atomic mass is 10.2. The standard InChI is InChI=1S/C13H15N3S2/c1-9(8-10-4-3-7-18-10)15-12-6-2-5-11(16-12)13(14)17/h2-7,9H,8H2,1H3,(H2,14,17)(H,15,16). The quantitative estimate of drug-likeness (QED) is 0.825. The predicted molar refractivity (Wildman–Crippen MR) is 81.2 cm³/mol. The van der Waals surface area contributed by atoms with Crippen molar-refractivity contribution in [2.75, 3.05) is 5.32 Å². The Labute approximate surface area is 116 Å². The summed E-state index contributed by atoms with van der Waals surface area (Å²) in [6.45, 7) is 2.13. The molecule has 1 atom stereocenters. The zero-order chi connectivity index (χ0) is 13.0. The summed E-state index contributed by atoms with van der Waals surface area (Å²) in [7, 11) is 0. The van der Waals surface area contributed by atoms with Crippen molar-refractivity contribution in [2.24, 2.45) is 5.73 Å². The zero-order valence-corrected chi connectivity index (χ0v) is 11.7. The van der Waals surface area contributed by atoms with Crippen LogP contribution in [0.1, 0.15) is 17.5 Å². The summed E-state index contributed by atoms with van der Waals surface area (Å²) in [5.74, 6) is 0.810. The summed E-state index contributed by atoms with van der Waals surface area (Å²) >= 11 is 6.69. The largest absolute Gasteiger partial charge is 0.388 e. The smallest absolute Gasteiger partial charge is 0.126 e. The Balaban J connectivity index is 2.00. The van der Waals surface area contributed by atoms with Crippen LogP contribution in [0.25, 0.3) is 0 Å². The maximum atomic E-state index is 5.57. The highest BCUT2D eigenvalue weighted by Gasteiger charge is 2.06. The third-order valence-corrected chi connectivity index (χ3v) is 3.59. The fourth-order valence-corrected chi connectivity index (χ4v) is 2.64. The van der Waals surface area contributed by atoms with E-state index in [0.29, 0.717) is 16.7 Å². The summed E-state index contributed by atoms with van der Waals surface area (Å²) in [4.78, 5) is 6.05. The molecule has 0 amide bonds. The van der Waals surface area contributed by atoms with Gasteiger partial charge in [0.15, 0.2) is 0 Å². The molecule has 3 nitrogen and oxygen atoms in total. The van der Waals surface area contributed by atoms with Crippen LogP contribution in [-0.4, -0.2) is 16.0 Å². The molecule has 2 aromatic rings.